The molecule has 3 heteroatoms. The Morgan fingerprint density at radius 1 is 1.24 bits per heavy atom. The largest absolute Gasteiger partial charge is 0.338 e. The predicted octanol–water partition coefficient (Wildman–Crippen LogP) is 2.02. The van der Waals surface area contributed by atoms with Crippen molar-refractivity contribution in [2.45, 2.75) is 65.1 Å². The number of nitrogens with zero attached hydrogens (tertiary/aromatic N) is 1. The van der Waals surface area contributed by atoms with Crippen LogP contribution in [-0.2, 0) is 4.79 Å². The third kappa shape index (κ3) is 2.49. The Morgan fingerprint density at radius 2 is 1.94 bits per heavy atom. The van der Waals surface area contributed by atoms with E-state index >= 15 is 0 Å². The summed E-state index contributed by atoms with van der Waals surface area (Å²) in [5.41, 5.74) is 0. The molecular weight excluding hydrogens is 212 g/mol. The summed E-state index contributed by atoms with van der Waals surface area (Å²) in [6.45, 7) is 9.78. The zero-order valence-corrected chi connectivity index (χ0v) is 11.6. The Labute approximate surface area is 105 Å². The zero-order valence-electron chi connectivity index (χ0n) is 11.6. The van der Waals surface area contributed by atoms with Gasteiger partial charge in [-0.15, -0.1) is 0 Å². The first-order valence-electron chi connectivity index (χ1n) is 7.07. The molecule has 1 heterocycles. The number of hydrogen-bond acceptors (Lipinski definition) is 2. The van der Waals surface area contributed by atoms with Crippen molar-refractivity contribution in [3.05, 3.63) is 0 Å². The first kappa shape index (κ1) is 12.9. The van der Waals surface area contributed by atoms with E-state index in [4.69, 9.17) is 0 Å². The molecule has 0 radical (unpaired) electrons. The molecule has 1 aliphatic heterocycles. The van der Waals surface area contributed by atoms with Crippen molar-refractivity contribution in [1.82, 2.24) is 10.2 Å². The standard InChI is InChI=1S/C14H26N2O/c1-9(2)15-12-7-8-16(14(12)17)13-6-5-10(3)11(13)4/h9-13,15H,5-8H2,1-4H3. The molecule has 0 bridgehead atoms. The van der Waals surface area contributed by atoms with Crippen LogP contribution in [-0.4, -0.2) is 35.5 Å². The summed E-state index contributed by atoms with van der Waals surface area (Å²) in [5.74, 6) is 1.77. The Kier molecular flexibility index (Phi) is 3.76. The molecule has 0 aromatic heterocycles. The number of hydrogen-bond donors (Lipinski definition) is 1. The molecule has 1 aliphatic carbocycles. The summed E-state index contributed by atoms with van der Waals surface area (Å²) < 4.78 is 0. The molecule has 17 heavy (non-hydrogen) atoms. The lowest BCUT2D eigenvalue weighted by molar-refractivity contribution is -0.132. The fourth-order valence-electron chi connectivity index (χ4n) is 3.37. The highest BCUT2D eigenvalue weighted by molar-refractivity contribution is 5.84. The van der Waals surface area contributed by atoms with Gasteiger partial charge in [-0.2, -0.15) is 0 Å². The van der Waals surface area contributed by atoms with E-state index in [-0.39, 0.29) is 6.04 Å². The number of carbonyl (C=O) groups is 1. The summed E-state index contributed by atoms with van der Waals surface area (Å²) in [5, 5.41) is 3.38. The van der Waals surface area contributed by atoms with E-state index in [9.17, 15) is 4.79 Å². The SMILES string of the molecule is CC(C)NC1CCN(C2CCC(C)C2C)C1=O. The van der Waals surface area contributed by atoms with Crippen LogP contribution in [0.15, 0.2) is 0 Å². The minimum atomic E-state index is 0.0677. The molecule has 1 saturated heterocycles. The van der Waals surface area contributed by atoms with Crippen LogP contribution in [0.3, 0.4) is 0 Å². The molecule has 0 spiro atoms. The molecule has 1 N–H and O–H groups in total. The lowest BCUT2D eigenvalue weighted by atomic mass is 9.97. The molecule has 98 valence electrons. The monoisotopic (exact) mass is 238 g/mol. The van der Waals surface area contributed by atoms with Gasteiger partial charge in [-0.3, -0.25) is 4.79 Å². The van der Waals surface area contributed by atoms with E-state index in [1.807, 2.05) is 0 Å². The summed E-state index contributed by atoms with van der Waals surface area (Å²) in [6.07, 6.45) is 3.45. The van der Waals surface area contributed by atoms with Gasteiger partial charge in [0.2, 0.25) is 5.91 Å². The molecular formula is C14H26N2O. The van der Waals surface area contributed by atoms with Gasteiger partial charge >= 0.3 is 0 Å². The van der Waals surface area contributed by atoms with Crippen LogP contribution < -0.4 is 5.32 Å². The van der Waals surface area contributed by atoms with Gasteiger partial charge in [-0.05, 0) is 31.1 Å². The van der Waals surface area contributed by atoms with Crippen molar-refractivity contribution in [1.29, 1.82) is 0 Å². The Morgan fingerprint density at radius 3 is 2.47 bits per heavy atom. The first-order chi connectivity index (χ1) is 8.00. The third-order valence-corrected chi connectivity index (χ3v) is 4.60. The van der Waals surface area contributed by atoms with Gasteiger partial charge in [-0.1, -0.05) is 27.7 Å². The van der Waals surface area contributed by atoms with Crippen LogP contribution in [0.25, 0.3) is 0 Å². The number of likely N-dealkylation sites (tertiary alicyclic amines) is 1. The maximum atomic E-state index is 12.3. The number of carbonyl (C=O) groups excluding carboxylic acids is 1. The fourth-order valence-corrected chi connectivity index (χ4v) is 3.37. The topological polar surface area (TPSA) is 32.3 Å². The van der Waals surface area contributed by atoms with Crippen LogP contribution >= 0.6 is 0 Å². The second kappa shape index (κ2) is 4.97. The lowest BCUT2D eigenvalue weighted by Crippen LogP contribution is -2.45. The maximum Gasteiger partial charge on any atom is 0.240 e. The summed E-state index contributed by atoms with van der Waals surface area (Å²) in [6, 6.07) is 0.957. The third-order valence-electron chi connectivity index (χ3n) is 4.60. The van der Waals surface area contributed by atoms with Crippen molar-refractivity contribution in [3.8, 4) is 0 Å². The minimum absolute atomic E-state index is 0.0677. The number of nitrogens with one attached hydrogen (secondary N) is 1. The lowest BCUT2D eigenvalue weighted by Gasteiger charge is -2.29. The van der Waals surface area contributed by atoms with E-state index in [0.29, 0.717) is 23.9 Å². The molecule has 3 nitrogen and oxygen atoms in total. The average Bonchev–Trinajstić information content (AvgIpc) is 2.75. The number of rotatable bonds is 3. The van der Waals surface area contributed by atoms with Crippen LogP contribution in [0, 0.1) is 11.8 Å². The molecule has 2 rings (SSSR count). The highest BCUT2D eigenvalue weighted by Gasteiger charge is 2.41. The Hall–Kier alpha value is -0.570. The molecule has 2 fully saturated rings. The van der Waals surface area contributed by atoms with E-state index in [2.05, 4.69) is 37.9 Å². The second-order valence-electron chi connectivity index (χ2n) is 6.18. The minimum Gasteiger partial charge on any atom is -0.338 e. The Balaban J connectivity index is 1.98. The van der Waals surface area contributed by atoms with Gasteiger partial charge in [0.1, 0.15) is 0 Å². The fraction of sp³-hybridized carbons (Fsp3) is 0.929. The summed E-state index contributed by atoms with van der Waals surface area (Å²) in [4.78, 5) is 14.5. The van der Waals surface area contributed by atoms with Gasteiger partial charge in [0.15, 0.2) is 0 Å². The van der Waals surface area contributed by atoms with Crippen molar-refractivity contribution >= 4 is 5.91 Å². The van der Waals surface area contributed by atoms with Crippen molar-refractivity contribution < 1.29 is 4.79 Å². The molecule has 1 saturated carbocycles. The van der Waals surface area contributed by atoms with Crippen LogP contribution in [0.5, 0.6) is 0 Å². The average molecular weight is 238 g/mol. The van der Waals surface area contributed by atoms with E-state index < -0.39 is 0 Å². The van der Waals surface area contributed by atoms with Crippen molar-refractivity contribution in [3.63, 3.8) is 0 Å². The van der Waals surface area contributed by atoms with Gasteiger partial charge < -0.3 is 10.2 Å². The molecule has 4 atom stereocenters. The summed E-state index contributed by atoms with van der Waals surface area (Å²) >= 11 is 0. The molecule has 2 aliphatic rings. The van der Waals surface area contributed by atoms with Crippen LogP contribution in [0.4, 0.5) is 0 Å². The van der Waals surface area contributed by atoms with Gasteiger partial charge in [-0.25, -0.2) is 0 Å². The predicted molar refractivity (Wildman–Crippen MR) is 69.7 cm³/mol. The van der Waals surface area contributed by atoms with Crippen LogP contribution in [0.1, 0.15) is 47.0 Å². The van der Waals surface area contributed by atoms with Gasteiger partial charge in [0.05, 0.1) is 6.04 Å². The van der Waals surface area contributed by atoms with E-state index in [0.717, 1.165) is 18.9 Å². The highest BCUT2D eigenvalue weighted by atomic mass is 16.2. The maximum absolute atomic E-state index is 12.3. The molecule has 0 aromatic carbocycles. The van der Waals surface area contributed by atoms with Crippen molar-refractivity contribution in [2.75, 3.05) is 6.54 Å². The van der Waals surface area contributed by atoms with Crippen LogP contribution in [0.2, 0.25) is 0 Å². The smallest absolute Gasteiger partial charge is 0.240 e. The summed E-state index contributed by atoms with van der Waals surface area (Å²) in [7, 11) is 0. The second-order valence-corrected chi connectivity index (χ2v) is 6.18. The normalized spacial score (nSPS) is 38.4. The van der Waals surface area contributed by atoms with E-state index in [1.165, 1.54) is 12.8 Å². The molecule has 0 aromatic rings. The highest BCUT2D eigenvalue weighted by Crippen LogP contribution is 2.36. The van der Waals surface area contributed by atoms with E-state index in [1.54, 1.807) is 0 Å². The van der Waals surface area contributed by atoms with Gasteiger partial charge in [0.25, 0.3) is 0 Å². The number of amides is 1. The molecule has 1 amide bonds. The molecule has 4 unspecified atom stereocenters. The zero-order chi connectivity index (χ0) is 12.6. The Bertz CT molecular complexity index is 290. The quantitative estimate of drug-likeness (QED) is 0.816. The first-order valence-corrected chi connectivity index (χ1v) is 7.07. The van der Waals surface area contributed by atoms with Gasteiger partial charge in [0, 0.05) is 18.6 Å². The van der Waals surface area contributed by atoms with Crippen molar-refractivity contribution in [2.24, 2.45) is 11.8 Å².